The Morgan fingerprint density at radius 3 is 2.67 bits per heavy atom. The Morgan fingerprint density at radius 2 is 2.08 bits per heavy atom. The van der Waals surface area contributed by atoms with Gasteiger partial charge in [0.15, 0.2) is 0 Å². The molecule has 0 amide bonds. The van der Waals surface area contributed by atoms with Crippen molar-refractivity contribution in [2.45, 2.75) is 0 Å². The van der Waals surface area contributed by atoms with E-state index >= 15 is 0 Å². The van der Waals surface area contributed by atoms with Gasteiger partial charge in [-0.3, -0.25) is 0 Å². The quantitative estimate of drug-likeness (QED) is 0.631. The van der Waals surface area contributed by atoms with Crippen LogP contribution in [0.25, 0.3) is 11.3 Å². The summed E-state index contributed by atoms with van der Waals surface area (Å²) in [4.78, 5) is 6.01. The number of nitrogens with two attached hydrogens (primary N) is 1. The average Bonchev–Trinajstić information content (AvgIpc) is 2.64. The molecule has 0 atom stereocenters. The van der Waals surface area contributed by atoms with Gasteiger partial charge in [-0.2, -0.15) is 0 Å². The molecule has 0 saturated carbocycles. The predicted octanol–water partition coefficient (Wildman–Crippen LogP) is 1.66. The van der Waals surface area contributed by atoms with Crippen LogP contribution in [0.2, 0.25) is 0 Å². The molecule has 0 fully saturated rings. The lowest BCUT2D eigenvalue weighted by molar-refractivity contribution is 1.31. The fourth-order valence-electron chi connectivity index (χ4n) is 0.758. The molecular formula is C9H9N3. The van der Waals surface area contributed by atoms with Gasteiger partial charge in [0.1, 0.15) is 1.37 Å². The first-order chi connectivity index (χ1) is 8.34. The molecule has 0 aliphatic carbocycles. The molecule has 1 heterocycles. The summed E-state index contributed by atoms with van der Waals surface area (Å²) in [5, 5.41) is 0. The minimum absolute atomic E-state index is 0.0861. The molecule has 60 valence electrons. The van der Waals surface area contributed by atoms with Gasteiger partial charge in [-0.25, -0.2) is 4.98 Å². The van der Waals surface area contributed by atoms with Gasteiger partial charge < -0.3 is 10.7 Å². The summed E-state index contributed by atoms with van der Waals surface area (Å²) in [6.45, 7) is 0. The molecule has 0 aliphatic rings. The van der Waals surface area contributed by atoms with Crippen molar-refractivity contribution in [2.75, 3.05) is 5.73 Å². The van der Waals surface area contributed by atoms with E-state index in [9.17, 15) is 0 Å². The van der Waals surface area contributed by atoms with Gasteiger partial charge >= 0.3 is 0 Å². The van der Waals surface area contributed by atoms with Crippen LogP contribution in [-0.4, -0.2) is 9.97 Å². The van der Waals surface area contributed by atoms with E-state index in [1.165, 1.54) is 0 Å². The van der Waals surface area contributed by atoms with Crippen molar-refractivity contribution in [3.63, 3.8) is 0 Å². The van der Waals surface area contributed by atoms with E-state index in [-0.39, 0.29) is 53.6 Å². The van der Waals surface area contributed by atoms with E-state index in [2.05, 4.69) is 9.97 Å². The smallest absolute Gasteiger partial charge is 0.104 e. The monoisotopic (exact) mass is 165 g/mol. The number of hydrogen-bond acceptors (Lipinski definition) is 2. The number of anilines is 1. The molecule has 2 rings (SSSR count). The predicted molar refractivity (Wildman–Crippen MR) is 48.4 cm³/mol. The molecule has 0 spiro atoms. The summed E-state index contributed by atoms with van der Waals surface area (Å²) in [7, 11) is 0. The van der Waals surface area contributed by atoms with Crippen LogP contribution in [0.3, 0.4) is 0 Å². The van der Waals surface area contributed by atoms with Gasteiger partial charge in [0, 0.05) is 17.4 Å². The molecule has 0 saturated heterocycles. The molecule has 1 aromatic carbocycles. The van der Waals surface area contributed by atoms with Crippen molar-refractivity contribution in [3.8, 4) is 11.3 Å². The van der Waals surface area contributed by atoms with Crippen LogP contribution in [-0.2, 0) is 0 Å². The van der Waals surface area contributed by atoms with Crippen molar-refractivity contribution in [2.24, 2.45) is 0 Å². The first kappa shape index (κ1) is 2.94. The number of benzene rings is 1. The van der Waals surface area contributed by atoms with Gasteiger partial charge in [0.25, 0.3) is 0 Å². The minimum Gasteiger partial charge on any atom is -0.399 e. The number of H-pyrrole nitrogens is 1. The third kappa shape index (κ3) is 1.16. The maximum Gasteiger partial charge on any atom is 0.104 e. The molecule has 1 aromatic heterocycles. The van der Waals surface area contributed by atoms with Crippen LogP contribution >= 0.6 is 0 Å². The second-order valence-electron chi connectivity index (χ2n) is 2.11. The Hall–Kier alpha value is -1.77. The van der Waals surface area contributed by atoms with E-state index in [1.807, 2.05) is 0 Å². The largest absolute Gasteiger partial charge is 0.399 e. The third-order valence-corrected chi connectivity index (χ3v) is 1.29. The zero-order valence-corrected chi connectivity index (χ0v) is 6.02. The number of aromatic amines is 1. The second kappa shape index (κ2) is 2.70. The van der Waals surface area contributed by atoms with Gasteiger partial charge in [0.05, 0.1) is 18.9 Å². The molecular weight excluding hydrogens is 150 g/mol. The molecule has 3 nitrogen and oxygen atoms in total. The average molecular weight is 165 g/mol. The highest BCUT2D eigenvalue weighted by Crippen LogP contribution is 2.16. The molecule has 3 N–H and O–H groups in total. The Morgan fingerprint density at radius 1 is 1.33 bits per heavy atom. The van der Waals surface area contributed by atoms with Crippen molar-refractivity contribution >= 4 is 5.69 Å². The lowest BCUT2D eigenvalue weighted by Crippen LogP contribution is -1.83. The summed E-state index contributed by atoms with van der Waals surface area (Å²) in [5.41, 5.74) is 4.99. The molecule has 3 heteroatoms. The molecule has 0 aliphatic heterocycles. The molecule has 0 unspecified atom stereocenters. The first-order valence-corrected chi connectivity index (χ1v) is 3.24. The molecule has 2 aromatic rings. The fraction of sp³-hybridized carbons (Fsp3) is 0. The molecule has 0 radical (unpaired) electrons. The van der Waals surface area contributed by atoms with E-state index in [1.54, 1.807) is 0 Å². The Labute approximate surface area is 78.7 Å². The lowest BCUT2D eigenvalue weighted by atomic mass is 10.1. The van der Waals surface area contributed by atoms with Gasteiger partial charge in [-0.05, 0) is 12.1 Å². The van der Waals surface area contributed by atoms with Crippen molar-refractivity contribution in [3.05, 3.63) is 36.6 Å². The molecule has 12 heavy (non-hydrogen) atoms. The zero-order chi connectivity index (χ0) is 13.6. The lowest BCUT2D eigenvalue weighted by Gasteiger charge is -1.95. The number of hydrogen-bond donors (Lipinski definition) is 2. The fourth-order valence-corrected chi connectivity index (χ4v) is 0.758. The van der Waals surface area contributed by atoms with Crippen LogP contribution in [0.5, 0.6) is 0 Å². The van der Waals surface area contributed by atoms with Crippen molar-refractivity contribution < 1.29 is 8.22 Å². The number of rotatable bonds is 1. The summed E-state index contributed by atoms with van der Waals surface area (Å²) >= 11 is 0. The second-order valence-corrected chi connectivity index (χ2v) is 2.11. The number of nitrogen functional groups attached to an aromatic ring is 1. The van der Waals surface area contributed by atoms with Gasteiger partial charge in [-0.15, -0.1) is 0 Å². The van der Waals surface area contributed by atoms with E-state index < -0.39 is 0 Å². The normalized spacial score (nSPS) is 17.0. The first-order valence-electron chi connectivity index (χ1n) is 6.24. The van der Waals surface area contributed by atoms with Crippen LogP contribution in [0.15, 0.2) is 36.6 Å². The van der Waals surface area contributed by atoms with Crippen LogP contribution in [0, 0.1) is 0 Å². The Kier molecular flexibility index (Phi) is 0.659. The standard InChI is InChI=1S/C9H9N3/c10-8-3-1-7(2-4-8)9-5-11-6-12-9/h1-6H,10H2,(H,11,12)/i1D,2D,3D,4D,5D,6D. The third-order valence-electron chi connectivity index (χ3n) is 1.29. The topological polar surface area (TPSA) is 54.7 Å². The number of aromatic nitrogens is 2. The van der Waals surface area contributed by atoms with Crippen LogP contribution in [0.1, 0.15) is 8.22 Å². The van der Waals surface area contributed by atoms with E-state index in [0.29, 0.717) is 0 Å². The van der Waals surface area contributed by atoms with Crippen LogP contribution in [0.4, 0.5) is 5.69 Å². The molecule has 0 bridgehead atoms. The SMILES string of the molecule is [2H]c1nc(-c2c([2H])c([2H])c(N)c([2H])c2[2H])c([2H])[nH]1. The highest BCUT2D eigenvalue weighted by atomic mass is 14.9. The van der Waals surface area contributed by atoms with Gasteiger partial charge in [0.2, 0.25) is 0 Å². The van der Waals surface area contributed by atoms with E-state index in [0.717, 1.165) is 0 Å². The van der Waals surface area contributed by atoms with Crippen molar-refractivity contribution in [1.29, 1.82) is 0 Å². The van der Waals surface area contributed by atoms with Crippen molar-refractivity contribution in [1.82, 2.24) is 9.97 Å². The Bertz CT molecular complexity index is 607. The maximum atomic E-state index is 7.75. The summed E-state index contributed by atoms with van der Waals surface area (Å²) in [5.74, 6) is 0. The Balaban J connectivity index is 2.84. The zero-order valence-electron chi connectivity index (χ0n) is 12.0. The van der Waals surface area contributed by atoms with Gasteiger partial charge in [-0.1, -0.05) is 12.1 Å². The highest BCUT2D eigenvalue weighted by Gasteiger charge is 1.96. The number of nitrogens with zero attached hydrogens (tertiary/aromatic N) is 1. The van der Waals surface area contributed by atoms with E-state index in [4.69, 9.17) is 14.0 Å². The minimum atomic E-state index is -0.375. The summed E-state index contributed by atoms with van der Waals surface area (Å²) in [6, 6.07) is -1.48. The van der Waals surface area contributed by atoms with Crippen LogP contribution < -0.4 is 5.73 Å². The maximum absolute atomic E-state index is 7.75. The number of nitrogens with one attached hydrogen (secondary N) is 1. The summed E-state index contributed by atoms with van der Waals surface area (Å²) in [6.07, 6.45) is -0.505. The summed E-state index contributed by atoms with van der Waals surface area (Å²) < 4.78 is 45.5. The number of imidazole rings is 1. The highest BCUT2D eigenvalue weighted by molar-refractivity contribution is 5.60.